The smallest absolute Gasteiger partial charge is 0.123 e. The summed E-state index contributed by atoms with van der Waals surface area (Å²) in [5.74, 6) is 0.451. The number of hydrogen-bond donors (Lipinski definition) is 1. The van der Waals surface area contributed by atoms with E-state index >= 15 is 0 Å². The van der Waals surface area contributed by atoms with Gasteiger partial charge in [0, 0.05) is 12.2 Å². The van der Waals surface area contributed by atoms with Gasteiger partial charge in [0.2, 0.25) is 0 Å². The van der Waals surface area contributed by atoms with Crippen molar-refractivity contribution in [1.29, 1.82) is 0 Å². The lowest BCUT2D eigenvalue weighted by Crippen LogP contribution is -2.35. The number of piperidine rings is 1. The van der Waals surface area contributed by atoms with Crippen molar-refractivity contribution in [2.24, 2.45) is 0 Å². The van der Waals surface area contributed by atoms with Crippen molar-refractivity contribution < 1.29 is 4.39 Å². The van der Waals surface area contributed by atoms with E-state index in [-0.39, 0.29) is 11.9 Å². The molecule has 1 aliphatic heterocycles. The molecule has 0 saturated carbocycles. The van der Waals surface area contributed by atoms with E-state index in [0.29, 0.717) is 5.92 Å². The maximum atomic E-state index is 13.3. The van der Waals surface area contributed by atoms with Crippen molar-refractivity contribution in [3.8, 4) is 0 Å². The number of aromatic amines is 1. The van der Waals surface area contributed by atoms with Gasteiger partial charge in [-0.2, -0.15) is 5.10 Å². The summed E-state index contributed by atoms with van der Waals surface area (Å²) in [6.45, 7) is 4.26. The SMILES string of the molecule is C[C@H](c1cccc(F)c1)N1CCC(c2cn[nH]c2)CC1. The minimum atomic E-state index is -0.150. The molecule has 4 heteroatoms. The van der Waals surface area contributed by atoms with E-state index in [4.69, 9.17) is 0 Å². The van der Waals surface area contributed by atoms with Gasteiger partial charge in [-0.3, -0.25) is 10.00 Å². The highest BCUT2D eigenvalue weighted by molar-refractivity contribution is 5.20. The largest absolute Gasteiger partial charge is 0.297 e. The predicted molar refractivity (Wildman–Crippen MR) is 77.0 cm³/mol. The lowest BCUT2D eigenvalue weighted by molar-refractivity contribution is 0.162. The Balaban J connectivity index is 1.63. The molecule has 1 saturated heterocycles. The van der Waals surface area contributed by atoms with Crippen molar-refractivity contribution in [2.75, 3.05) is 13.1 Å². The number of H-pyrrole nitrogens is 1. The third kappa shape index (κ3) is 2.75. The summed E-state index contributed by atoms with van der Waals surface area (Å²) in [7, 11) is 0. The quantitative estimate of drug-likeness (QED) is 0.928. The molecule has 2 aromatic rings. The Kier molecular flexibility index (Phi) is 3.83. The van der Waals surface area contributed by atoms with Gasteiger partial charge in [0.1, 0.15) is 5.82 Å². The number of nitrogens with one attached hydrogen (secondary N) is 1. The summed E-state index contributed by atoms with van der Waals surface area (Å²) in [5, 5.41) is 6.92. The van der Waals surface area contributed by atoms with E-state index in [0.717, 1.165) is 31.5 Å². The van der Waals surface area contributed by atoms with Crippen LogP contribution in [0.15, 0.2) is 36.7 Å². The molecule has 1 atom stereocenters. The van der Waals surface area contributed by atoms with Gasteiger partial charge in [0.15, 0.2) is 0 Å². The molecule has 106 valence electrons. The highest BCUT2D eigenvalue weighted by Crippen LogP contribution is 2.31. The zero-order valence-electron chi connectivity index (χ0n) is 11.7. The Hall–Kier alpha value is -1.68. The molecule has 1 aliphatic rings. The number of rotatable bonds is 3. The van der Waals surface area contributed by atoms with E-state index in [1.807, 2.05) is 18.5 Å². The van der Waals surface area contributed by atoms with E-state index in [2.05, 4.69) is 22.0 Å². The van der Waals surface area contributed by atoms with Crippen LogP contribution in [0.3, 0.4) is 0 Å². The molecule has 0 aliphatic carbocycles. The maximum absolute atomic E-state index is 13.3. The van der Waals surface area contributed by atoms with Gasteiger partial charge in [-0.15, -0.1) is 0 Å². The van der Waals surface area contributed by atoms with Gasteiger partial charge in [0.05, 0.1) is 6.20 Å². The van der Waals surface area contributed by atoms with Gasteiger partial charge >= 0.3 is 0 Å². The monoisotopic (exact) mass is 273 g/mol. The van der Waals surface area contributed by atoms with E-state index in [9.17, 15) is 4.39 Å². The Morgan fingerprint density at radius 1 is 1.35 bits per heavy atom. The van der Waals surface area contributed by atoms with Crippen LogP contribution in [0.1, 0.15) is 42.9 Å². The minimum absolute atomic E-state index is 0.150. The molecular weight excluding hydrogens is 253 g/mol. The molecule has 3 rings (SSSR count). The Labute approximate surface area is 118 Å². The molecule has 0 amide bonds. The second-order valence-electron chi connectivity index (χ2n) is 5.57. The summed E-state index contributed by atoms with van der Waals surface area (Å²) < 4.78 is 13.3. The van der Waals surface area contributed by atoms with E-state index < -0.39 is 0 Å². The first kappa shape index (κ1) is 13.3. The second-order valence-corrected chi connectivity index (χ2v) is 5.57. The highest BCUT2D eigenvalue weighted by Gasteiger charge is 2.24. The van der Waals surface area contributed by atoms with Gasteiger partial charge in [0.25, 0.3) is 0 Å². The summed E-state index contributed by atoms with van der Waals surface area (Å²) in [4.78, 5) is 2.44. The molecule has 1 aromatic heterocycles. The molecule has 0 bridgehead atoms. The zero-order chi connectivity index (χ0) is 13.9. The molecule has 0 spiro atoms. The molecule has 3 nitrogen and oxygen atoms in total. The molecule has 0 unspecified atom stereocenters. The fourth-order valence-electron chi connectivity index (χ4n) is 3.08. The molecule has 1 N–H and O–H groups in total. The van der Waals surface area contributed by atoms with Crippen LogP contribution in [0.4, 0.5) is 4.39 Å². The number of halogens is 1. The summed E-state index contributed by atoms with van der Waals surface area (Å²) in [6.07, 6.45) is 6.20. The first-order valence-corrected chi connectivity index (χ1v) is 7.22. The predicted octanol–water partition coefficient (Wildman–Crippen LogP) is 3.49. The third-order valence-corrected chi connectivity index (χ3v) is 4.40. The van der Waals surface area contributed by atoms with Crippen molar-refractivity contribution in [3.05, 3.63) is 53.6 Å². The van der Waals surface area contributed by atoms with Crippen LogP contribution in [-0.2, 0) is 0 Å². The van der Waals surface area contributed by atoms with E-state index in [1.165, 1.54) is 11.6 Å². The van der Waals surface area contributed by atoms with Gasteiger partial charge in [-0.1, -0.05) is 12.1 Å². The number of hydrogen-bond acceptors (Lipinski definition) is 2. The second kappa shape index (κ2) is 5.75. The molecular formula is C16H20FN3. The van der Waals surface area contributed by atoms with Crippen molar-refractivity contribution in [3.63, 3.8) is 0 Å². The number of likely N-dealkylation sites (tertiary alicyclic amines) is 1. The lowest BCUT2D eigenvalue weighted by atomic mass is 9.90. The molecule has 1 aromatic carbocycles. The van der Waals surface area contributed by atoms with Gasteiger partial charge < -0.3 is 0 Å². The number of aromatic nitrogens is 2. The third-order valence-electron chi connectivity index (χ3n) is 4.40. The van der Waals surface area contributed by atoms with Crippen molar-refractivity contribution >= 4 is 0 Å². The van der Waals surface area contributed by atoms with Crippen LogP contribution in [0.2, 0.25) is 0 Å². The fraction of sp³-hybridized carbons (Fsp3) is 0.438. The molecule has 2 heterocycles. The Morgan fingerprint density at radius 2 is 2.15 bits per heavy atom. The summed E-state index contributed by atoms with van der Waals surface area (Å²) in [6, 6.07) is 7.22. The lowest BCUT2D eigenvalue weighted by Gasteiger charge is -2.36. The summed E-state index contributed by atoms with van der Waals surface area (Å²) in [5.41, 5.74) is 2.37. The average Bonchev–Trinajstić information content (AvgIpc) is 3.01. The van der Waals surface area contributed by atoms with Crippen LogP contribution >= 0.6 is 0 Å². The van der Waals surface area contributed by atoms with Crippen LogP contribution < -0.4 is 0 Å². The highest BCUT2D eigenvalue weighted by atomic mass is 19.1. The van der Waals surface area contributed by atoms with Crippen molar-refractivity contribution in [1.82, 2.24) is 15.1 Å². The first-order valence-electron chi connectivity index (χ1n) is 7.22. The summed E-state index contributed by atoms with van der Waals surface area (Å²) >= 11 is 0. The van der Waals surface area contributed by atoms with Gasteiger partial charge in [-0.25, -0.2) is 4.39 Å². The Morgan fingerprint density at radius 3 is 2.80 bits per heavy atom. The normalized spacial score (nSPS) is 19.1. The first-order chi connectivity index (χ1) is 9.74. The number of nitrogens with zero attached hydrogens (tertiary/aromatic N) is 2. The van der Waals surface area contributed by atoms with Gasteiger partial charge in [-0.05, 0) is 62.0 Å². The maximum Gasteiger partial charge on any atom is 0.123 e. The molecule has 20 heavy (non-hydrogen) atoms. The number of benzene rings is 1. The van der Waals surface area contributed by atoms with Crippen LogP contribution in [0, 0.1) is 5.82 Å². The zero-order valence-corrected chi connectivity index (χ0v) is 11.7. The molecule has 1 fully saturated rings. The minimum Gasteiger partial charge on any atom is -0.297 e. The molecule has 0 radical (unpaired) electrons. The Bertz CT molecular complexity index is 545. The van der Waals surface area contributed by atoms with E-state index in [1.54, 1.807) is 12.1 Å². The average molecular weight is 273 g/mol. The standard InChI is InChI=1S/C16H20FN3/c1-12(14-3-2-4-16(17)9-14)20-7-5-13(6-8-20)15-10-18-19-11-15/h2-4,9-13H,5-8H2,1H3,(H,18,19)/t12-/m1/s1. The van der Waals surface area contributed by atoms with Crippen LogP contribution in [-0.4, -0.2) is 28.2 Å². The topological polar surface area (TPSA) is 31.9 Å². The fourth-order valence-corrected chi connectivity index (χ4v) is 3.08. The van der Waals surface area contributed by atoms with Crippen LogP contribution in [0.25, 0.3) is 0 Å². The van der Waals surface area contributed by atoms with Crippen molar-refractivity contribution in [2.45, 2.75) is 31.7 Å². The van der Waals surface area contributed by atoms with Crippen LogP contribution in [0.5, 0.6) is 0 Å².